The van der Waals surface area contributed by atoms with Crippen LogP contribution in [0.5, 0.6) is 0 Å². The van der Waals surface area contributed by atoms with Crippen molar-refractivity contribution in [2.75, 3.05) is 0 Å². The Labute approximate surface area is 177 Å². The van der Waals surface area contributed by atoms with Gasteiger partial charge in [-0.2, -0.15) is 5.10 Å². The number of carbonyl (C=O) groups is 1. The first kappa shape index (κ1) is 19.8. The van der Waals surface area contributed by atoms with Gasteiger partial charge in [0.05, 0.1) is 18.2 Å². The van der Waals surface area contributed by atoms with E-state index in [1.165, 1.54) is 17.1 Å². The average Bonchev–Trinajstić information content (AvgIpc) is 3.18. The summed E-state index contributed by atoms with van der Waals surface area (Å²) in [4.78, 5) is 29.3. The van der Waals surface area contributed by atoms with Gasteiger partial charge >= 0.3 is 0 Å². The molecule has 0 unspecified atom stereocenters. The molecule has 7 nitrogen and oxygen atoms in total. The Morgan fingerprint density at radius 2 is 1.83 bits per heavy atom. The number of hydrogen-bond acceptors (Lipinski definition) is 4. The van der Waals surface area contributed by atoms with Crippen LogP contribution in [0.15, 0.2) is 65.8 Å². The Kier molecular flexibility index (Phi) is 5.63. The van der Waals surface area contributed by atoms with Gasteiger partial charge in [0.1, 0.15) is 5.39 Å². The number of halogens is 1. The second-order valence-electron chi connectivity index (χ2n) is 7.03. The lowest BCUT2D eigenvalue weighted by atomic mass is 10.2. The molecule has 8 heteroatoms. The molecular weight excluding hydrogens is 402 g/mol. The van der Waals surface area contributed by atoms with Gasteiger partial charge in [-0.25, -0.2) is 9.67 Å². The van der Waals surface area contributed by atoms with Crippen LogP contribution in [0.1, 0.15) is 17.5 Å². The van der Waals surface area contributed by atoms with E-state index in [2.05, 4.69) is 15.4 Å². The quantitative estimate of drug-likeness (QED) is 0.518. The number of amides is 1. The maximum absolute atomic E-state index is 12.8. The molecule has 0 aliphatic carbocycles. The molecule has 0 fully saturated rings. The Morgan fingerprint density at radius 1 is 1.10 bits per heavy atom. The lowest BCUT2D eigenvalue weighted by molar-refractivity contribution is -0.121. The summed E-state index contributed by atoms with van der Waals surface area (Å²) in [6.45, 7) is 2.66. The first-order chi connectivity index (χ1) is 14.5. The van der Waals surface area contributed by atoms with Crippen molar-refractivity contribution >= 4 is 28.5 Å². The van der Waals surface area contributed by atoms with Crippen LogP contribution in [-0.2, 0) is 17.9 Å². The summed E-state index contributed by atoms with van der Waals surface area (Å²) >= 11 is 5.86. The largest absolute Gasteiger partial charge is 0.352 e. The van der Waals surface area contributed by atoms with Crippen LogP contribution >= 0.6 is 11.6 Å². The lowest BCUT2D eigenvalue weighted by Gasteiger charge is -2.08. The third-order valence-corrected chi connectivity index (χ3v) is 5.07. The highest BCUT2D eigenvalue weighted by atomic mass is 35.5. The van der Waals surface area contributed by atoms with E-state index < -0.39 is 0 Å². The topological polar surface area (TPSA) is 81.8 Å². The summed E-state index contributed by atoms with van der Waals surface area (Å²) in [5.74, 6) is -0.146. The molecule has 2 heterocycles. The van der Waals surface area contributed by atoms with Crippen molar-refractivity contribution in [1.82, 2.24) is 24.6 Å². The molecule has 2 aromatic heterocycles. The fraction of sp³-hybridized carbons (Fsp3) is 0.182. The minimum atomic E-state index is -0.219. The van der Waals surface area contributed by atoms with Gasteiger partial charge in [0.2, 0.25) is 5.91 Å². The second kappa shape index (κ2) is 8.51. The molecule has 4 aromatic rings. The monoisotopic (exact) mass is 421 g/mol. The van der Waals surface area contributed by atoms with Crippen molar-refractivity contribution in [3.63, 3.8) is 0 Å². The van der Waals surface area contributed by atoms with Crippen LogP contribution in [0.25, 0.3) is 16.7 Å². The first-order valence-corrected chi connectivity index (χ1v) is 9.90. The zero-order valence-electron chi connectivity index (χ0n) is 16.4. The molecule has 0 bridgehead atoms. The van der Waals surface area contributed by atoms with E-state index in [-0.39, 0.29) is 24.4 Å². The van der Waals surface area contributed by atoms with Gasteiger partial charge in [-0.3, -0.25) is 14.2 Å². The number of carbonyl (C=O) groups excluding carboxylic acids is 1. The van der Waals surface area contributed by atoms with E-state index in [1.54, 1.807) is 16.8 Å². The first-order valence-electron chi connectivity index (χ1n) is 9.52. The zero-order chi connectivity index (χ0) is 21.1. The van der Waals surface area contributed by atoms with Gasteiger partial charge in [0, 0.05) is 24.5 Å². The molecule has 0 spiro atoms. The van der Waals surface area contributed by atoms with Crippen molar-refractivity contribution in [3.8, 4) is 5.69 Å². The van der Waals surface area contributed by atoms with Gasteiger partial charge in [-0.1, -0.05) is 41.4 Å². The van der Waals surface area contributed by atoms with Gasteiger partial charge < -0.3 is 5.32 Å². The molecule has 1 amide bonds. The third kappa shape index (κ3) is 4.26. The minimum absolute atomic E-state index is 0.146. The number of hydrogen-bond donors (Lipinski definition) is 1. The molecule has 2 aromatic carbocycles. The third-order valence-electron chi connectivity index (χ3n) is 4.82. The average molecular weight is 422 g/mol. The number of benzene rings is 2. The van der Waals surface area contributed by atoms with Crippen LogP contribution < -0.4 is 10.9 Å². The molecule has 0 aliphatic heterocycles. The molecule has 0 aliphatic rings. The van der Waals surface area contributed by atoms with Gasteiger partial charge in [-0.05, 0) is 36.8 Å². The molecule has 4 rings (SSSR count). The Bertz CT molecular complexity index is 1240. The number of nitrogens with one attached hydrogen (secondary N) is 1. The highest BCUT2D eigenvalue weighted by Gasteiger charge is 2.12. The van der Waals surface area contributed by atoms with E-state index >= 15 is 0 Å². The Hall–Kier alpha value is -3.45. The summed E-state index contributed by atoms with van der Waals surface area (Å²) in [5, 5.41) is 8.22. The van der Waals surface area contributed by atoms with E-state index in [4.69, 9.17) is 11.6 Å². The minimum Gasteiger partial charge on any atom is -0.352 e. The SMILES string of the molecule is Cc1ccc(-n2ncc3c(=O)n(CCC(=O)NCc4ccc(Cl)cc4)cnc32)cc1. The molecule has 30 heavy (non-hydrogen) atoms. The fourth-order valence-corrected chi connectivity index (χ4v) is 3.22. The molecular formula is C22H20ClN5O2. The normalized spacial score (nSPS) is 11.0. The van der Waals surface area contributed by atoms with E-state index in [9.17, 15) is 9.59 Å². The Morgan fingerprint density at radius 3 is 2.57 bits per heavy atom. The summed E-state index contributed by atoms with van der Waals surface area (Å²) in [5.41, 5.74) is 3.20. The molecule has 0 saturated heterocycles. The van der Waals surface area contributed by atoms with Crippen molar-refractivity contribution in [3.05, 3.63) is 87.6 Å². The van der Waals surface area contributed by atoms with Crippen LogP contribution in [-0.4, -0.2) is 25.2 Å². The summed E-state index contributed by atoms with van der Waals surface area (Å²) in [7, 11) is 0. The summed E-state index contributed by atoms with van der Waals surface area (Å²) in [6, 6.07) is 15.1. The zero-order valence-corrected chi connectivity index (χ0v) is 17.1. The molecule has 0 saturated carbocycles. The number of rotatable bonds is 6. The van der Waals surface area contributed by atoms with Gasteiger partial charge in [-0.15, -0.1) is 0 Å². The molecule has 0 atom stereocenters. The fourth-order valence-electron chi connectivity index (χ4n) is 3.10. The maximum Gasteiger partial charge on any atom is 0.264 e. The van der Waals surface area contributed by atoms with Crippen LogP contribution in [0.2, 0.25) is 5.02 Å². The lowest BCUT2D eigenvalue weighted by Crippen LogP contribution is -2.27. The number of aryl methyl sites for hydroxylation is 2. The highest BCUT2D eigenvalue weighted by molar-refractivity contribution is 6.30. The molecule has 0 radical (unpaired) electrons. The van der Waals surface area contributed by atoms with Crippen molar-refractivity contribution in [1.29, 1.82) is 0 Å². The van der Waals surface area contributed by atoms with E-state index in [0.29, 0.717) is 22.6 Å². The highest BCUT2D eigenvalue weighted by Crippen LogP contribution is 2.14. The van der Waals surface area contributed by atoms with Crippen molar-refractivity contribution in [2.45, 2.75) is 26.4 Å². The smallest absolute Gasteiger partial charge is 0.264 e. The molecule has 1 N–H and O–H groups in total. The number of aromatic nitrogens is 4. The van der Waals surface area contributed by atoms with Gasteiger partial charge in [0.15, 0.2) is 5.65 Å². The summed E-state index contributed by atoms with van der Waals surface area (Å²) in [6.07, 6.45) is 3.15. The second-order valence-corrected chi connectivity index (χ2v) is 7.46. The summed E-state index contributed by atoms with van der Waals surface area (Å²) < 4.78 is 3.07. The predicted octanol–water partition coefficient (Wildman–Crippen LogP) is 3.25. The predicted molar refractivity (Wildman–Crippen MR) is 116 cm³/mol. The van der Waals surface area contributed by atoms with Crippen molar-refractivity contribution in [2.24, 2.45) is 0 Å². The van der Waals surface area contributed by atoms with E-state index in [0.717, 1.165) is 16.8 Å². The standard InChI is InChI=1S/C22H20ClN5O2/c1-15-2-8-18(9-3-15)28-21-19(13-26-28)22(30)27(14-25-21)11-10-20(29)24-12-16-4-6-17(23)7-5-16/h2-9,13-14H,10-12H2,1H3,(H,24,29). The maximum atomic E-state index is 12.8. The van der Waals surface area contributed by atoms with E-state index in [1.807, 2.05) is 43.3 Å². The number of nitrogens with zero attached hydrogens (tertiary/aromatic N) is 4. The Balaban J connectivity index is 1.44. The van der Waals surface area contributed by atoms with Crippen LogP contribution in [0.4, 0.5) is 0 Å². The number of fused-ring (bicyclic) bond motifs is 1. The van der Waals surface area contributed by atoms with Crippen LogP contribution in [0.3, 0.4) is 0 Å². The van der Waals surface area contributed by atoms with Gasteiger partial charge in [0.25, 0.3) is 5.56 Å². The molecule has 152 valence electrons. The van der Waals surface area contributed by atoms with Crippen molar-refractivity contribution < 1.29 is 4.79 Å². The van der Waals surface area contributed by atoms with Crippen LogP contribution in [0, 0.1) is 6.92 Å².